The topological polar surface area (TPSA) is 73.3 Å². The summed E-state index contributed by atoms with van der Waals surface area (Å²) in [5, 5.41) is 4.95. The predicted octanol–water partition coefficient (Wildman–Crippen LogP) is 2.53. The van der Waals surface area contributed by atoms with Crippen LogP contribution < -0.4 is 5.56 Å². The van der Waals surface area contributed by atoms with Gasteiger partial charge in [-0.25, -0.2) is 4.68 Å². The van der Waals surface area contributed by atoms with Crippen molar-refractivity contribution in [3.8, 4) is 0 Å². The van der Waals surface area contributed by atoms with Crippen molar-refractivity contribution >= 4 is 27.9 Å². The molecule has 26 heavy (non-hydrogen) atoms. The molecule has 1 aliphatic rings. The number of rotatable bonds is 3. The Kier molecular flexibility index (Phi) is 4.09. The minimum absolute atomic E-state index is 0.0171. The molecule has 1 fully saturated rings. The van der Waals surface area contributed by atoms with Crippen LogP contribution in [0.5, 0.6) is 0 Å². The van der Waals surface area contributed by atoms with Crippen molar-refractivity contribution in [2.75, 3.05) is 13.1 Å². The average Bonchev–Trinajstić information content (AvgIpc) is 3.12. The van der Waals surface area contributed by atoms with Gasteiger partial charge in [0.1, 0.15) is 17.8 Å². The molecule has 0 unspecified atom stereocenters. The fraction of sp³-hybridized carbons (Fsp3) is 0.526. The second kappa shape index (κ2) is 6.30. The van der Waals surface area contributed by atoms with E-state index in [0.717, 1.165) is 37.2 Å². The lowest BCUT2D eigenvalue weighted by atomic mass is 10.0. The fourth-order valence-corrected chi connectivity index (χ4v) is 4.01. The molecule has 4 rings (SSSR count). The molecule has 0 aliphatic carbocycles. The lowest BCUT2D eigenvalue weighted by molar-refractivity contribution is -0.133. The van der Waals surface area contributed by atoms with Gasteiger partial charge in [0.25, 0.3) is 5.56 Å². The monoisotopic (exact) mass is 356 g/mol. The number of nitrogens with zero attached hydrogens (tertiary/aromatic N) is 4. The lowest BCUT2D eigenvalue weighted by Gasteiger charge is -2.30. The minimum atomic E-state index is -0.244. The highest BCUT2D eigenvalue weighted by Gasteiger charge is 2.23. The van der Waals surface area contributed by atoms with E-state index in [4.69, 9.17) is 4.42 Å². The van der Waals surface area contributed by atoms with Crippen LogP contribution >= 0.6 is 0 Å². The molecule has 7 heteroatoms. The molecule has 0 saturated carbocycles. The van der Waals surface area contributed by atoms with E-state index in [-0.39, 0.29) is 18.0 Å². The number of fused-ring (bicyclic) bond motifs is 3. The number of likely N-dealkylation sites (tertiary alicyclic amines) is 1. The summed E-state index contributed by atoms with van der Waals surface area (Å²) in [4.78, 5) is 27.5. The van der Waals surface area contributed by atoms with Gasteiger partial charge < -0.3 is 13.9 Å². The summed E-state index contributed by atoms with van der Waals surface area (Å²) in [6, 6.07) is 1.93. The molecule has 0 spiro atoms. The Morgan fingerprint density at radius 3 is 2.96 bits per heavy atom. The molecule has 0 N–H and O–H groups in total. The van der Waals surface area contributed by atoms with Gasteiger partial charge in [0.2, 0.25) is 5.91 Å². The zero-order valence-corrected chi connectivity index (χ0v) is 15.5. The molecule has 1 aliphatic heterocycles. The Hall–Kier alpha value is -2.57. The first-order valence-electron chi connectivity index (χ1n) is 9.25. The average molecular weight is 356 g/mol. The third-order valence-corrected chi connectivity index (χ3v) is 5.27. The highest BCUT2D eigenvalue weighted by molar-refractivity contribution is 6.04. The first-order chi connectivity index (χ1) is 12.5. The Morgan fingerprint density at radius 2 is 2.23 bits per heavy atom. The summed E-state index contributed by atoms with van der Waals surface area (Å²) in [6.07, 6.45) is 3.80. The molecule has 1 atom stereocenters. The van der Waals surface area contributed by atoms with Crippen LogP contribution in [-0.4, -0.2) is 38.2 Å². The third kappa shape index (κ3) is 2.62. The van der Waals surface area contributed by atoms with Gasteiger partial charge in [-0.3, -0.25) is 9.59 Å². The summed E-state index contributed by atoms with van der Waals surface area (Å²) >= 11 is 0. The van der Waals surface area contributed by atoms with E-state index in [2.05, 4.69) is 12.0 Å². The van der Waals surface area contributed by atoms with Crippen molar-refractivity contribution < 1.29 is 9.21 Å². The molecule has 3 aromatic heterocycles. The number of hydrogen-bond acceptors (Lipinski definition) is 4. The van der Waals surface area contributed by atoms with Gasteiger partial charge in [0.05, 0.1) is 17.1 Å². The molecule has 1 amide bonds. The molecule has 0 bridgehead atoms. The second-order valence-corrected chi connectivity index (χ2v) is 7.27. The van der Waals surface area contributed by atoms with Crippen LogP contribution in [0.15, 0.2) is 21.5 Å². The first-order valence-corrected chi connectivity index (χ1v) is 9.25. The molecule has 0 radical (unpaired) electrons. The number of carbonyl (C=O) groups is 1. The number of furan rings is 1. The van der Waals surface area contributed by atoms with Crippen LogP contribution in [0.4, 0.5) is 0 Å². The summed E-state index contributed by atoms with van der Waals surface area (Å²) in [5.41, 5.74) is 1.89. The van der Waals surface area contributed by atoms with Gasteiger partial charge >= 0.3 is 0 Å². The Balaban J connectivity index is 1.74. The van der Waals surface area contributed by atoms with Crippen molar-refractivity contribution in [3.05, 3.63) is 28.4 Å². The van der Waals surface area contributed by atoms with Crippen LogP contribution in [-0.2, 0) is 17.9 Å². The van der Waals surface area contributed by atoms with Crippen LogP contribution in [0, 0.1) is 12.8 Å². The zero-order chi connectivity index (χ0) is 18.4. The van der Waals surface area contributed by atoms with E-state index in [0.29, 0.717) is 28.9 Å². The van der Waals surface area contributed by atoms with Gasteiger partial charge in [-0.15, -0.1) is 0 Å². The van der Waals surface area contributed by atoms with E-state index < -0.39 is 0 Å². The third-order valence-electron chi connectivity index (χ3n) is 5.27. The molecule has 1 saturated heterocycles. The smallest absolute Gasteiger partial charge is 0.291 e. The fourth-order valence-electron chi connectivity index (χ4n) is 4.01. The van der Waals surface area contributed by atoms with Crippen molar-refractivity contribution in [2.24, 2.45) is 5.92 Å². The summed E-state index contributed by atoms with van der Waals surface area (Å²) in [7, 11) is 0. The summed E-state index contributed by atoms with van der Waals surface area (Å²) < 4.78 is 8.98. The SMILES string of the molecule is CCn1c2cc(C)oc2c2cnn(CC(=O)N3CCC[C@H](C)C3)c(=O)c21. The Labute approximate surface area is 151 Å². The molecule has 7 nitrogen and oxygen atoms in total. The van der Waals surface area contributed by atoms with E-state index in [1.807, 2.05) is 29.4 Å². The highest BCUT2D eigenvalue weighted by Crippen LogP contribution is 2.29. The highest BCUT2D eigenvalue weighted by atomic mass is 16.3. The van der Waals surface area contributed by atoms with Crippen molar-refractivity contribution in [3.63, 3.8) is 0 Å². The number of carbonyl (C=O) groups excluding carboxylic acids is 1. The number of aryl methyl sites for hydroxylation is 2. The van der Waals surface area contributed by atoms with Crippen LogP contribution in [0.3, 0.4) is 0 Å². The molecule has 138 valence electrons. The maximum absolute atomic E-state index is 13.0. The van der Waals surface area contributed by atoms with Gasteiger partial charge in [0, 0.05) is 25.7 Å². The number of hydrogen-bond donors (Lipinski definition) is 0. The van der Waals surface area contributed by atoms with Crippen LogP contribution in [0.25, 0.3) is 22.0 Å². The van der Waals surface area contributed by atoms with E-state index in [1.165, 1.54) is 4.68 Å². The molecule has 3 aromatic rings. The predicted molar refractivity (Wildman–Crippen MR) is 99.2 cm³/mol. The van der Waals surface area contributed by atoms with Crippen molar-refractivity contribution in [1.82, 2.24) is 19.2 Å². The largest absolute Gasteiger partial charge is 0.459 e. The van der Waals surface area contributed by atoms with Gasteiger partial charge in [-0.2, -0.15) is 5.10 Å². The maximum atomic E-state index is 13.0. The molecule has 4 heterocycles. The molecule has 0 aromatic carbocycles. The zero-order valence-electron chi connectivity index (χ0n) is 15.5. The van der Waals surface area contributed by atoms with E-state index in [9.17, 15) is 9.59 Å². The van der Waals surface area contributed by atoms with E-state index in [1.54, 1.807) is 6.20 Å². The van der Waals surface area contributed by atoms with Crippen LogP contribution in [0.2, 0.25) is 0 Å². The second-order valence-electron chi connectivity index (χ2n) is 7.27. The summed E-state index contributed by atoms with van der Waals surface area (Å²) in [5.74, 6) is 1.27. The first kappa shape index (κ1) is 16.9. The van der Waals surface area contributed by atoms with Gasteiger partial charge in [0.15, 0.2) is 5.58 Å². The number of amides is 1. The van der Waals surface area contributed by atoms with Gasteiger partial charge in [-0.1, -0.05) is 6.92 Å². The lowest BCUT2D eigenvalue weighted by Crippen LogP contribution is -2.42. The van der Waals surface area contributed by atoms with Gasteiger partial charge in [-0.05, 0) is 32.6 Å². The Bertz CT molecular complexity index is 1040. The molecular weight excluding hydrogens is 332 g/mol. The quantitative estimate of drug-likeness (QED) is 0.723. The Morgan fingerprint density at radius 1 is 1.42 bits per heavy atom. The number of aromatic nitrogens is 3. The number of piperidine rings is 1. The van der Waals surface area contributed by atoms with Crippen molar-refractivity contribution in [1.29, 1.82) is 0 Å². The van der Waals surface area contributed by atoms with E-state index >= 15 is 0 Å². The van der Waals surface area contributed by atoms with Crippen LogP contribution in [0.1, 0.15) is 32.4 Å². The maximum Gasteiger partial charge on any atom is 0.291 e. The standard InChI is InChI=1S/C19H24N4O3/c1-4-22-15-8-13(3)26-18(15)14-9-20-23(19(25)17(14)22)11-16(24)21-7-5-6-12(2)10-21/h8-9,12H,4-7,10-11H2,1-3H3/t12-/m0/s1. The summed E-state index contributed by atoms with van der Waals surface area (Å²) in [6.45, 7) is 8.18. The van der Waals surface area contributed by atoms with Crippen molar-refractivity contribution in [2.45, 2.75) is 46.7 Å². The minimum Gasteiger partial charge on any atom is -0.459 e. The normalized spacial score (nSPS) is 18.1. The molecular formula is C19H24N4O3.